The van der Waals surface area contributed by atoms with Gasteiger partial charge in [-0.25, -0.2) is 0 Å². The van der Waals surface area contributed by atoms with E-state index >= 15 is 0 Å². The number of hydrogen-bond acceptors (Lipinski definition) is 3. The van der Waals surface area contributed by atoms with Crippen LogP contribution in [0.15, 0.2) is 30.3 Å². The van der Waals surface area contributed by atoms with Crippen molar-refractivity contribution in [1.29, 1.82) is 0 Å². The van der Waals surface area contributed by atoms with Gasteiger partial charge in [-0.15, -0.1) is 0 Å². The van der Waals surface area contributed by atoms with Crippen molar-refractivity contribution in [3.05, 3.63) is 35.9 Å². The van der Waals surface area contributed by atoms with Crippen molar-refractivity contribution in [3.8, 4) is 0 Å². The number of benzene rings is 1. The minimum atomic E-state index is 0.332. The molecule has 3 saturated heterocycles. The first-order chi connectivity index (χ1) is 10.3. The number of hydrogen-bond donors (Lipinski definition) is 0. The molecule has 114 valence electrons. The first-order valence-corrected chi connectivity index (χ1v) is 9.20. The lowest BCUT2D eigenvalue weighted by Crippen LogP contribution is -2.48. The van der Waals surface area contributed by atoms with Crippen LogP contribution in [0.1, 0.15) is 18.4 Å². The first-order valence-electron chi connectivity index (χ1n) is 7.81. The molecule has 1 amide bonds. The molecule has 4 rings (SSSR count). The van der Waals surface area contributed by atoms with Crippen molar-refractivity contribution in [2.45, 2.75) is 25.4 Å². The van der Waals surface area contributed by atoms with Crippen LogP contribution in [-0.2, 0) is 11.3 Å². The molecule has 0 radical (unpaired) electrons. The van der Waals surface area contributed by atoms with Crippen molar-refractivity contribution in [1.82, 2.24) is 9.80 Å². The van der Waals surface area contributed by atoms with E-state index in [1.807, 2.05) is 6.26 Å². The van der Waals surface area contributed by atoms with E-state index in [-0.39, 0.29) is 0 Å². The van der Waals surface area contributed by atoms with E-state index in [9.17, 15) is 4.79 Å². The number of carbonyl (C=O) groups excluding carboxylic acids is 1. The van der Waals surface area contributed by atoms with E-state index in [1.165, 1.54) is 18.4 Å². The predicted molar refractivity (Wildman–Crippen MR) is 88.3 cm³/mol. The Hall–Kier alpha value is -1.00. The second-order valence-electron chi connectivity index (χ2n) is 6.26. The number of fused-ring (bicyclic) bond motifs is 4. The van der Waals surface area contributed by atoms with Crippen LogP contribution >= 0.6 is 11.8 Å². The summed E-state index contributed by atoms with van der Waals surface area (Å²) >= 11 is 1.64. The molecule has 3 aliphatic heterocycles. The molecule has 0 unspecified atom stereocenters. The number of nitrogens with zero attached hydrogens (tertiary/aromatic N) is 2. The second-order valence-corrected chi connectivity index (χ2v) is 7.12. The Kier molecular flexibility index (Phi) is 4.86. The summed E-state index contributed by atoms with van der Waals surface area (Å²) in [6, 6.07) is 11.1. The molecule has 0 aliphatic carbocycles. The summed E-state index contributed by atoms with van der Waals surface area (Å²) in [7, 11) is 0. The average molecular weight is 304 g/mol. The molecular formula is C17H24N2OS. The van der Waals surface area contributed by atoms with Crippen molar-refractivity contribution in [3.63, 3.8) is 0 Å². The van der Waals surface area contributed by atoms with Crippen LogP contribution in [0.5, 0.6) is 0 Å². The quantitative estimate of drug-likeness (QED) is 0.854. The summed E-state index contributed by atoms with van der Waals surface area (Å²) < 4.78 is 0. The van der Waals surface area contributed by atoms with Crippen molar-refractivity contribution < 1.29 is 4.79 Å². The third-order valence-electron chi connectivity index (χ3n) is 4.63. The molecule has 3 nitrogen and oxygen atoms in total. The molecule has 1 aromatic carbocycles. The van der Waals surface area contributed by atoms with Crippen LogP contribution < -0.4 is 0 Å². The second kappa shape index (κ2) is 6.84. The maximum absolute atomic E-state index is 12.3. The van der Waals surface area contributed by atoms with Gasteiger partial charge in [0.2, 0.25) is 5.91 Å². The smallest absolute Gasteiger partial charge is 0.232 e. The van der Waals surface area contributed by atoms with E-state index in [0.29, 0.717) is 23.6 Å². The van der Waals surface area contributed by atoms with Crippen LogP contribution in [0.2, 0.25) is 0 Å². The zero-order chi connectivity index (χ0) is 14.7. The molecule has 0 N–H and O–H groups in total. The summed E-state index contributed by atoms with van der Waals surface area (Å²) in [4.78, 5) is 17.0. The van der Waals surface area contributed by atoms with E-state index in [0.717, 1.165) is 26.2 Å². The Bertz CT molecular complexity index is 479. The zero-order valence-corrected chi connectivity index (χ0v) is 13.5. The van der Waals surface area contributed by atoms with Gasteiger partial charge in [0, 0.05) is 32.2 Å². The van der Waals surface area contributed by atoms with Gasteiger partial charge in [-0.05, 0) is 30.6 Å². The number of piperidine rings is 1. The molecule has 3 fully saturated rings. The van der Waals surface area contributed by atoms with E-state index in [1.54, 1.807) is 11.8 Å². The molecule has 2 bridgehead atoms. The van der Waals surface area contributed by atoms with Gasteiger partial charge in [0.15, 0.2) is 0 Å². The highest BCUT2D eigenvalue weighted by Gasteiger charge is 2.36. The van der Waals surface area contributed by atoms with Gasteiger partial charge in [-0.1, -0.05) is 30.3 Å². The van der Waals surface area contributed by atoms with Crippen LogP contribution in [0.3, 0.4) is 0 Å². The van der Waals surface area contributed by atoms with Gasteiger partial charge in [-0.3, -0.25) is 9.69 Å². The van der Waals surface area contributed by atoms with Crippen molar-refractivity contribution in [2.75, 3.05) is 31.6 Å². The van der Waals surface area contributed by atoms with Gasteiger partial charge in [0.1, 0.15) is 0 Å². The van der Waals surface area contributed by atoms with E-state index < -0.39 is 0 Å². The lowest BCUT2D eigenvalue weighted by molar-refractivity contribution is -0.132. The number of thioether (sulfide) groups is 1. The zero-order valence-electron chi connectivity index (χ0n) is 12.7. The topological polar surface area (TPSA) is 23.6 Å². The van der Waals surface area contributed by atoms with Gasteiger partial charge >= 0.3 is 0 Å². The van der Waals surface area contributed by atoms with E-state index in [2.05, 4.69) is 40.1 Å². The van der Waals surface area contributed by atoms with Crippen LogP contribution in [0, 0.1) is 5.92 Å². The van der Waals surface area contributed by atoms with Gasteiger partial charge in [-0.2, -0.15) is 11.8 Å². The summed E-state index contributed by atoms with van der Waals surface area (Å²) in [5.74, 6) is 1.61. The molecule has 3 heterocycles. The lowest BCUT2D eigenvalue weighted by Gasteiger charge is -2.36. The lowest BCUT2D eigenvalue weighted by atomic mass is 9.95. The highest BCUT2D eigenvalue weighted by molar-refractivity contribution is 7.99. The molecule has 4 heteroatoms. The molecule has 3 aliphatic rings. The Morgan fingerprint density at radius 3 is 2.76 bits per heavy atom. The standard InChI is InChI=1S/C17H24N2OS/c1-21-13-17(20)19-11-15-7-8-16(19)12-18(10-15)9-14-5-3-2-4-6-14/h2-6,15-16H,7-13H2,1H3/t15-,16+/m0/s1. The molecule has 2 atom stereocenters. The monoisotopic (exact) mass is 304 g/mol. The highest BCUT2D eigenvalue weighted by Crippen LogP contribution is 2.29. The fraction of sp³-hybridized carbons (Fsp3) is 0.588. The van der Waals surface area contributed by atoms with Crippen LogP contribution in [0.25, 0.3) is 0 Å². The maximum atomic E-state index is 12.3. The third kappa shape index (κ3) is 3.61. The largest absolute Gasteiger partial charge is 0.337 e. The van der Waals surface area contributed by atoms with Gasteiger partial charge in [0.05, 0.1) is 5.75 Å². The summed E-state index contributed by atoms with van der Waals surface area (Å²) in [6.07, 6.45) is 4.46. The van der Waals surface area contributed by atoms with Crippen molar-refractivity contribution >= 4 is 17.7 Å². The molecule has 0 saturated carbocycles. The summed E-state index contributed by atoms with van der Waals surface area (Å²) in [6.45, 7) is 4.15. The fourth-order valence-electron chi connectivity index (χ4n) is 3.66. The Morgan fingerprint density at radius 2 is 2.00 bits per heavy atom. The minimum absolute atomic E-state index is 0.332. The van der Waals surface area contributed by atoms with Gasteiger partial charge in [0.25, 0.3) is 0 Å². The maximum Gasteiger partial charge on any atom is 0.232 e. The van der Waals surface area contributed by atoms with Gasteiger partial charge < -0.3 is 4.90 Å². The predicted octanol–water partition coefficient (Wildman–Crippen LogP) is 2.47. The first kappa shape index (κ1) is 14.9. The summed E-state index contributed by atoms with van der Waals surface area (Å²) in [5.41, 5.74) is 1.38. The number of amides is 1. The number of rotatable bonds is 4. The Balaban J connectivity index is 1.67. The summed E-state index contributed by atoms with van der Waals surface area (Å²) in [5, 5.41) is 0. The van der Waals surface area contributed by atoms with Crippen LogP contribution in [-0.4, -0.2) is 53.4 Å². The molecule has 21 heavy (non-hydrogen) atoms. The average Bonchev–Trinajstić information content (AvgIpc) is 2.79. The number of carbonyl (C=O) groups is 1. The van der Waals surface area contributed by atoms with Crippen molar-refractivity contribution in [2.24, 2.45) is 5.92 Å². The normalized spacial score (nSPS) is 25.9. The third-order valence-corrected chi connectivity index (χ3v) is 5.16. The van der Waals surface area contributed by atoms with Crippen LogP contribution in [0.4, 0.5) is 0 Å². The highest BCUT2D eigenvalue weighted by atomic mass is 32.2. The van der Waals surface area contributed by atoms with E-state index in [4.69, 9.17) is 0 Å². The Morgan fingerprint density at radius 1 is 1.19 bits per heavy atom. The molecular weight excluding hydrogens is 280 g/mol. The SMILES string of the molecule is CSCC(=O)N1C[C@H]2CC[C@@H]1CN(Cc1ccccc1)C2. The molecule has 0 aromatic heterocycles. The fourth-order valence-corrected chi connectivity index (χ4v) is 4.07. The molecule has 0 spiro atoms. The Labute approximate surface area is 131 Å². The minimum Gasteiger partial charge on any atom is -0.337 e. The molecule has 1 aromatic rings.